The Kier molecular flexibility index (Phi) is 3.89. The molecule has 0 spiro atoms. The Morgan fingerprint density at radius 1 is 1.29 bits per heavy atom. The van der Waals surface area contributed by atoms with Crippen molar-refractivity contribution in [3.8, 4) is 0 Å². The van der Waals surface area contributed by atoms with Crippen LogP contribution in [0.15, 0.2) is 40.6 Å². The zero-order valence-corrected chi connectivity index (χ0v) is 10.2. The zero-order valence-electron chi connectivity index (χ0n) is 7.77. The summed E-state index contributed by atoms with van der Waals surface area (Å²) in [6, 6.07) is 6.80. The molecule has 0 aliphatic rings. The Morgan fingerprint density at radius 3 is 2.36 bits per heavy atom. The van der Waals surface area contributed by atoms with Crippen molar-refractivity contribution in [3.05, 3.63) is 41.3 Å². The van der Waals surface area contributed by atoms with Gasteiger partial charge in [-0.3, -0.25) is 0 Å². The average Bonchev–Trinajstić information content (AvgIpc) is 2.16. The number of benzene rings is 1. The third-order valence-electron chi connectivity index (χ3n) is 1.71. The molecular weight excluding hydrogens is 264 g/mol. The fraction of sp³-hybridized carbons (Fsp3) is 0.200. The molecule has 0 amide bonds. The second kappa shape index (κ2) is 4.75. The monoisotopic (exact) mass is 274 g/mol. The van der Waals surface area contributed by atoms with E-state index < -0.39 is 9.84 Å². The van der Waals surface area contributed by atoms with Gasteiger partial charge in [-0.2, -0.15) is 0 Å². The van der Waals surface area contributed by atoms with E-state index in [1.807, 2.05) is 6.92 Å². The van der Waals surface area contributed by atoms with Crippen molar-refractivity contribution in [1.82, 2.24) is 0 Å². The standard InChI is InChI=1S/C10H11BrO2S/c1-9-3-5-10(6-4-9)14(12,13)8-2-7-11/h2-6,8H,7H2,1H3/b8-2+. The second-order valence-corrected chi connectivity index (χ2v) is 5.37. The number of aryl methyl sites for hydroxylation is 1. The fourth-order valence-corrected chi connectivity index (χ4v) is 2.43. The summed E-state index contributed by atoms with van der Waals surface area (Å²) in [5, 5.41) is 1.75. The van der Waals surface area contributed by atoms with Crippen LogP contribution in [-0.2, 0) is 9.84 Å². The quantitative estimate of drug-likeness (QED) is 0.795. The van der Waals surface area contributed by atoms with Gasteiger partial charge < -0.3 is 0 Å². The van der Waals surface area contributed by atoms with Gasteiger partial charge in [0.2, 0.25) is 0 Å². The predicted molar refractivity (Wildman–Crippen MR) is 61.3 cm³/mol. The van der Waals surface area contributed by atoms with Gasteiger partial charge >= 0.3 is 0 Å². The molecule has 4 heteroatoms. The molecule has 0 atom stereocenters. The van der Waals surface area contributed by atoms with Crippen LogP contribution in [-0.4, -0.2) is 13.7 Å². The van der Waals surface area contributed by atoms with Gasteiger partial charge in [0, 0.05) is 10.7 Å². The minimum Gasteiger partial charge on any atom is -0.219 e. The minimum atomic E-state index is -3.25. The maximum atomic E-state index is 11.6. The lowest BCUT2D eigenvalue weighted by Crippen LogP contribution is -1.95. The van der Waals surface area contributed by atoms with Crippen LogP contribution >= 0.6 is 15.9 Å². The maximum absolute atomic E-state index is 11.6. The van der Waals surface area contributed by atoms with Crippen molar-refractivity contribution in [3.63, 3.8) is 0 Å². The van der Waals surface area contributed by atoms with Gasteiger partial charge in [-0.25, -0.2) is 8.42 Å². The van der Waals surface area contributed by atoms with Crippen molar-refractivity contribution < 1.29 is 8.42 Å². The first-order valence-electron chi connectivity index (χ1n) is 4.10. The lowest BCUT2D eigenvalue weighted by molar-refractivity contribution is 0.604. The highest BCUT2D eigenvalue weighted by Crippen LogP contribution is 2.12. The molecule has 76 valence electrons. The lowest BCUT2D eigenvalue weighted by atomic mass is 10.2. The highest BCUT2D eigenvalue weighted by molar-refractivity contribution is 9.09. The number of hydrogen-bond donors (Lipinski definition) is 0. The van der Waals surface area contributed by atoms with E-state index in [0.29, 0.717) is 10.2 Å². The number of rotatable bonds is 3. The molecular formula is C10H11BrO2S. The highest BCUT2D eigenvalue weighted by atomic mass is 79.9. The van der Waals surface area contributed by atoms with Crippen molar-refractivity contribution in [2.24, 2.45) is 0 Å². The number of halogens is 1. The summed E-state index contributed by atoms with van der Waals surface area (Å²) in [6.45, 7) is 1.92. The largest absolute Gasteiger partial charge is 0.219 e. The summed E-state index contributed by atoms with van der Waals surface area (Å²) in [7, 11) is -3.25. The van der Waals surface area contributed by atoms with Gasteiger partial charge in [-0.15, -0.1) is 0 Å². The summed E-state index contributed by atoms with van der Waals surface area (Å²) < 4.78 is 23.2. The Labute approximate surface area is 92.7 Å². The summed E-state index contributed by atoms with van der Waals surface area (Å²) in [4.78, 5) is 0.334. The summed E-state index contributed by atoms with van der Waals surface area (Å²) >= 11 is 3.13. The minimum absolute atomic E-state index is 0.334. The molecule has 0 bridgehead atoms. The molecule has 0 aliphatic carbocycles. The maximum Gasteiger partial charge on any atom is 0.199 e. The molecule has 1 aromatic rings. The third kappa shape index (κ3) is 2.96. The zero-order chi connectivity index (χ0) is 10.6. The van der Waals surface area contributed by atoms with E-state index >= 15 is 0 Å². The summed E-state index contributed by atoms with van der Waals surface area (Å²) in [5.74, 6) is 0. The normalized spacial score (nSPS) is 12.1. The molecule has 0 fully saturated rings. The lowest BCUT2D eigenvalue weighted by Gasteiger charge is -1.98. The van der Waals surface area contributed by atoms with E-state index in [4.69, 9.17) is 0 Å². The first-order chi connectivity index (χ1) is 6.56. The van der Waals surface area contributed by atoms with Gasteiger partial charge in [0.15, 0.2) is 9.84 Å². The van der Waals surface area contributed by atoms with E-state index in [1.54, 1.807) is 30.3 Å². The molecule has 14 heavy (non-hydrogen) atoms. The molecule has 0 saturated carbocycles. The van der Waals surface area contributed by atoms with Crippen LogP contribution in [0.4, 0.5) is 0 Å². The molecule has 0 aliphatic heterocycles. The van der Waals surface area contributed by atoms with Gasteiger partial charge in [-0.1, -0.05) is 39.7 Å². The smallest absolute Gasteiger partial charge is 0.199 e. The Balaban J connectivity index is 3.05. The van der Waals surface area contributed by atoms with Gasteiger partial charge in [0.25, 0.3) is 0 Å². The molecule has 0 N–H and O–H groups in total. The van der Waals surface area contributed by atoms with Gasteiger partial charge in [0.1, 0.15) is 0 Å². The van der Waals surface area contributed by atoms with Crippen LogP contribution < -0.4 is 0 Å². The van der Waals surface area contributed by atoms with Crippen LogP contribution in [0.2, 0.25) is 0 Å². The van der Waals surface area contributed by atoms with Crippen LogP contribution in [0.5, 0.6) is 0 Å². The van der Waals surface area contributed by atoms with Gasteiger partial charge in [-0.05, 0) is 19.1 Å². The van der Waals surface area contributed by atoms with Crippen molar-refractivity contribution in [2.45, 2.75) is 11.8 Å². The summed E-state index contributed by atoms with van der Waals surface area (Å²) in [5.41, 5.74) is 1.05. The van der Waals surface area contributed by atoms with E-state index in [2.05, 4.69) is 15.9 Å². The highest BCUT2D eigenvalue weighted by Gasteiger charge is 2.08. The Bertz CT molecular complexity index is 418. The molecule has 1 rings (SSSR count). The molecule has 0 aromatic heterocycles. The first-order valence-corrected chi connectivity index (χ1v) is 6.77. The SMILES string of the molecule is Cc1ccc(S(=O)(=O)/C=C/CBr)cc1. The van der Waals surface area contributed by atoms with Gasteiger partial charge in [0.05, 0.1) is 4.90 Å². The van der Waals surface area contributed by atoms with Crippen LogP contribution in [0, 0.1) is 6.92 Å². The number of alkyl halides is 1. The molecule has 0 unspecified atom stereocenters. The van der Waals surface area contributed by atoms with Crippen molar-refractivity contribution in [1.29, 1.82) is 0 Å². The summed E-state index contributed by atoms with van der Waals surface area (Å²) in [6.07, 6.45) is 1.56. The second-order valence-electron chi connectivity index (χ2n) is 2.88. The predicted octanol–water partition coefficient (Wildman–Crippen LogP) is 2.68. The van der Waals surface area contributed by atoms with Crippen molar-refractivity contribution >= 4 is 25.8 Å². The third-order valence-corrected chi connectivity index (χ3v) is 3.57. The van der Waals surface area contributed by atoms with E-state index in [0.717, 1.165) is 5.56 Å². The van der Waals surface area contributed by atoms with Crippen LogP contribution in [0.25, 0.3) is 0 Å². The van der Waals surface area contributed by atoms with Crippen LogP contribution in [0.3, 0.4) is 0 Å². The topological polar surface area (TPSA) is 34.1 Å². The average molecular weight is 275 g/mol. The molecule has 0 radical (unpaired) electrons. The molecule has 0 saturated heterocycles. The number of hydrogen-bond acceptors (Lipinski definition) is 2. The number of allylic oxidation sites excluding steroid dienone is 1. The fourth-order valence-electron chi connectivity index (χ4n) is 0.970. The Hall–Kier alpha value is -0.610. The van der Waals surface area contributed by atoms with E-state index in [-0.39, 0.29) is 0 Å². The first kappa shape index (κ1) is 11.5. The van der Waals surface area contributed by atoms with Crippen LogP contribution in [0.1, 0.15) is 5.56 Å². The van der Waals surface area contributed by atoms with Crippen molar-refractivity contribution in [2.75, 3.05) is 5.33 Å². The molecule has 0 heterocycles. The number of sulfone groups is 1. The van der Waals surface area contributed by atoms with E-state index in [9.17, 15) is 8.42 Å². The molecule has 2 nitrogen and oxygen atoms in total. The molecule has 1 aromatic carbocycles. The van der Waals surface area contributed by atoms with E-state index in [1.165, 1.54) is 5.41 Å². The Morgan fingerprint density at radius 2 is 1.86 bits per heavy atom.